The predicted octanol–water partition coefficient (Wildman–Crippen LogP) is 2.20. The highest BCUT2D eigenvalue weighted by Crippen LogP contribution is 2.29. The molecule has 2 N–H and O–H groups in total. The van der Waals surface area contributed by atoms with E-state index < -0.39 is 0 Å². The molecule has 0 saturated carbocycles. The van der Waals surface area contributed by atoms with E-state index in [2.05, 4.69) is 28.8 Å². The molecule has 0 radical (unpaired) electrons. The zero-order valence-electron chi connectivity index (χ0n) is 12.7. The van der Waals surface area contributed by atoms with Gasteiger partial charge < -0.3 is 10.6 Å². The fraction of sp³-hybridized carbons (Fsp3) is 0.467. The number of likely N-dealkylation sites (N-methyl/N-ethyl adjacent to an activating group) is 1. The third-order valence-electron chi connectivity index (χ3n) is 3.42. The van der Waals surface area contributed by atoms with Crippen LogP contribution in [0.2, 0.25) is 0 Å². The summed E-state index contributed by atoms with van der Waals surface area (Å²) in [5.41, 5.74) is 9.07. The van der Waals surface area contributed by atoms with E-state index in [0.717, 1.165) is 35.9 Å². The lowest BCUT2D eigenvalue weighted by Crippen LogP contribution is -2.24. The van der Waals surface area contributed by atoms with Crippen molar-refractivity contribution in [3.05, 3.63) is 35.8 Å². The van der Waals surface area contributed by atoms with Crippen LogP contribution in [-0.4, -0.2) is 28.4 Å². The summed E-state index contributed by atoms with van der Waals surface area (Å²) < 4.78 is 1.86. The molecule has 5 nitrogen and oxygen atoms in total. The number of nitrogens with two attached hydrogens (primary N) is 1. The van der Waals surface area contributed by atoms with Crippen molar-refractivity contribution in [1.29, 1.82) is 0 Å². The summed E-state index contributed by atoms with van der Waals surface area (Å²) in [6, 6.07) is 5.98. The van der Waals surface area contributed by atoms with Crippen LogP contribution < -0.4 is 10.6 Å². The van der Waals surface area contributed by atoms with Crippen LogP contribution in [0.1, 0.15) is 31.2 Å². The minimum absolute atomic E-state index is 0.333. The molecule has 0 bridgehead atoms. The molecule has 2 rings (SSSR count). The SMILES string of the molecule is CC(C)c1nn(C)c(N(C)CCc2ccccn2)c1N. The molecular formula is C15H23N5. The van der Waals surface area contributed by atoms with Gasteiger partial charge in [0.2, 0.25) is 0 Å². The first-order chi connectivity index (χ1) is 9.50. The number of aromatic nitrogens is 3. The van der Waals surface area contributed by atoms with E-state index in [1.54, 1.807) is 0 Å². The van der Waals surface area contributed by atoms with Gasteiger partial charge in [0.15, 0.2) is 0 Å². The molecule has 0 aliphatic rings. The predicted molar refractivity (Wildman–Crippen MR) is 82.9 cm³/mol. The maximum atomic E-state index is 6.23. The molecule has 0 atom stereocenters. The number of nitrogen functional groups attached to an aromatic ring is 1. The van der Waals surface area contributed by atoms with E-state index in [9.17, 15) is 0 Å². The van der Waals surface area contributed by atoms with Gasteiger partial charge >= 0.3 is 0 Å². The van der Waals surface area contributed by atoms with Gasteiger partial charge in [-0.05, 0) is 18.1 Å². The third kappa shape index (κ3) is 2.92. The largest absolute Gasteiger partial charge is 0.394 e. The fourth-order valence-corrected chi connectivity index (χ4v) is 2.37. The van der Waals surface area contributed by atoms with Gasteiger partial charge in [0.1, 0.15) is 5.82 Å². The number of pyridine rings is 1. The Hall–Kier alpha value is -2.04. The topological polar surface area (TPSA) is 60.0 Å². The molecule has 108 valence electrons. The van der Waals surface area contributed by atoms with Gasteiger partial charge in [-0.25, -0.2) is 0 Å². The minimum atomic E-state index is 0.333. The first-order valence-electron chi connectivity index (χ1n) is 6.94. The Kier molecular flexibility index (Phi) is 4.27. The highest BCUT2D eigenvalue weighted by Gasteiger charge is 2.18. The molecule has 0 unspecified atom stereocenters. The zero-order chi connectivity index (χ0) is 14.7. The van der Waals surface area contributed by atoms with Crippen molar-refractivity contribution in [2.45, 2.75) is 26.2 Å². The zero-order valence-corrected chi connectivity index (χ0v) is 12.7. The summed E-state index contributed by atoms with van der Waals surface area (Å²) in [7, 11) is 3.98. The molecule has 0 aliphatic heterocycles. The molecule has 0 amide bonds. The van der Waals surface area contributed by atoms with E-state index in [1.807, 2.05) is 43.2 Å². The lowest BCUT2D eigenvalue weighted by atomic mass is 10.1. The second-order valence-corrected chi connectivity index (χ2v) is 5.39. The van der Waals surface area contributed by atoms with E-state index in [4.69, 9.17) is 5.73 Å². The number of aryl methyl sites for hydroxylation is 1. The summed E-state index contributed by atoms with van der Waals surface area (Å²) >= 11 is 0. The quantitative estimate of drug-likeness (QED) is 0.907. The molecule has 0 fully saturated rings. The van der Waals surface area contributed by atoms with Crippen LogP contribution >= 0.6 is 0 Å². The van der Waals surface area contributed by atoms with E-state index >= 15 is 0 Å². The van der Waals surface area contributed by atoms with Gasteiger partial charge in [0, 0.05) is 39.0 Å². The number of rotatable bonds is 5. The monoisotopic (exact) mass is 273 g/mol. The van der Waals surface area contributed by atoms with E-state index in [1.165, 1.54) is 0 Å². The molecule has 0 spiro atoms. The molecular weight excluding hydrogens is 250 g/mol. The molecule has 0 aromatic carbocycles. The lowest BCUT2D eigenvalue weighted by Gasteiger charge is -2.19. The summed E-state index contributed by atoms with van der Waals surface area (Å²) in [4.78, 5) is 6.48. The number of hydrogen-bond donors (Lipinski definition) is 1. The van der Waals surface area contributed by atoms with Crippen LogP contribution in [-0.2, 0) is 13.5 Å². The number of anilines is 2. The van der Waals surface area contributed by atoms with Crippen LogP contribution in [0.25, 0.3) is 0 Å². The standard InChI is InChI=1S/C15H23N5/c1-11(2)14-13(16)15(20(4)18-14)19(3)10-8-12-7-5-6-9-17-12/h5-7,9,11H,8,10,16H2,1-4H3. The molecule has 2 aromatic heterocycles. The summed E-state index contributed by atoms with van der Waals surface area (Å²) in [5, 5.41) is 4.52. The smallest absolute Gasteiger partial charge is 0.150 e. The van der Waals surface area contributed by atoms with Crippen LogP contribution in [0.5, 0.6) is 0 Å². The van der Waals surface area contributed by atoms with Crippen molar-refractivity contribution in [1.82, 2.24) is 14.8 Å². The molecule has 0 saturated heterocycles. The highest BCUT2D eigenvalue weighted by molar-refractivity contribution is 5.66. The Balaban J connectivity index is 2.11. The average Bonchev–Trinajstić information content (AvgIpc) is 2.73. The first-order valence-corrected chi connectivity index (χ1v) is 6.94. The molecule has 0 aliphatic carbocycles. The lowest BCUT2D eigenvalue weighted by molar-refractivity contribution is 0.696. The van der Waals surface area contributed by atoms with Crippen molar-refractivity contribution >= 4 is 11.5 Å². The summed E-state index contributed by atoms with van der Waals surface area (Å²) in [6.45, 7) is 5.07. The highest BCUT2D eigenvalue weighted by atomic mass is 15.4. The maximum Gasteiger partial charge on any atom is 0.150 e. The van der Waals surface area contributed by atoms with Crippen LogP contribution in [0.4, 0.5) is 11.5 Å². The van der Waals surface area contributed by atoms with Crippen LogP contribution in [0.3, 0.4) is 0 Å². The fourth-order valence-electron chi connectivity index (χ4n) is 2.37. The molecule has 5 heteroatoms. The van der Waals surface area contributed by atoms with Gasteiger partial charge in [-0.3, -0.25) is 9.67 Å². The van der Waals surface area contributed by atoms with Gasteiger partial charge in [-0.15, -0.1) is 0 Å². The van der Waals surface area contributed by atoms with Crippen molar-refractivity contribution in [2.75, 3.05) is 24.2 Å². The van der Waals surface area contributed by atoms with Gasteiger partial charge in [0.05, 0.1) is 11.4 Å². The Morgan fingerprint density at radius 3 is 2.65 bits per heavy atom. The number of nitrogens with zero attached hydrogens (tertiary/aromatic N) is 4. The van der Waals surface area contributed by atoms with Gasteiger partial charge in [-0.1, -0.05) is 19.9 Å². The van der Waals surface area contributed by atoms with E-state index in [-0.39, 0.29) is 0 Å². The minimum Gasteiger partial charge on any atom is -0.394 e. The Morgan fingerprint density at radius 2 is 2.10 bits per heavy atom. The second-order valence-electron chi connectivity index (χ2n) is 5.39. The Labute approximate surface area is 120 Å². The summed E-state index contributed by atoms with van der Waals surface area (Å²) in [5.74, 6) is 1.31. The Bertz CT molecular complexity index is 559. The molecule has 2 aromatic rings. The van der Waals surface area contributed by atoms with Crippen LogP contribution in [0, 0.1) is 0 Å². The average molecular weight is 273 g/mol. The van der Waals surface area contributed by atoms with Crippen molar-refractivity contribution in [2.24, 2.45) is 7.05 Å². The maximum absolute atomic E-state index is 6.23. The van der Waals surface area contributed by atoms with Crippen LogP contribution in [0.15, 0.2) is 24.4 Å². The molecule has 2 heterocycles. The third-order valence-corrected chi connectivity index (χ3v) is 3.42. The van der Waals surface area contributed by atoms with Crippen molar-refractivity contribution in [3.63, 3.8) is 0 Å². The Morgan fingerprint density at radius 1 is 1.35 bits per heavy atom. The first kappa shape index (κ1) is 14.4. The molecule has 20 heavy (non-hydrogen) atoms. The number of hydrogen-bond acceptors (Lipinski definition) is 4. The van der Waals surface area contributed by atoms with Gasteiger partial charge in [0.25, 0.3) is 0 Å². The van der Waals surface area contributed by atoms with E-state index in [0.29, 0.717) is 5.92 Å². The van der Waals surface area contributed by atoms with Crippen molar-refractivity contribution < 1.29 is 0 Å². The summed E-state index contributed by atoms with van der Waals surface area (Å²) in [6.07, 6.45) is 2.71. The normalized spacial score (nSPS) is 11.1. The van der Waals surface area contributed by atoms with Gasteiger partial charge in [-0.2, -0.15) is 5.10 Å². The van der Waals surface area contributed by atoms with Crippen molar-refractivity contribution in [3.8, 4) is 0 Å². The second kappa shape index (κ2) is 5.94.